The second-order valence-corrected chi connectivity index (χ2v) is 10.3. The summed E-state index contributed by atoms with van der Waals surface area (Å²) in [4.78, 5) is 49.2. The Morgan fingerprint density at radius 1 is 0.868 bits per heavy atom. The van der Waals surface area contributed by atoms with Gasteiger partial charge in [0.1, 0.15) is 16.2 Å². The molecular weight excluding hydrogens is 515 g/mol. The molecule has 10 heteroatoms. The number of carbonyl (C=O) groups excluding carboxylic acids is 3. The van der Waals surface area contributed by atoms with E-state index in [0.717, 1.165) is 5.56 Å². The van der Waals surface area contributed by atoms with Gasteiger partial charge in [-0.05, 0) is 51.3 Å². The second-order valence-electron chi connectivity index (χ2n) is 9.38. The topological polar surface area (TPSA) is 122 Å². The molecule has 2 amide bonds. The number of esters is 1. The molecule has 0 unspecified atom stereocenters. The number of carbonyl (C=O) groups is 4. The Bertz CT molecular complexity index is 1280. The van der Waals surface area contributed by atoms with Crippen LogP contribution in [0.15, 0.2) is 60.0 Å². The van der Waals surface area contributed by atoms with E-state index in [9.17, 15) is 24.3 Å². The van der Waals surface area contributed by atoms with Gasteiger partial charge in [-0.1, -0.05) is 42.5 Å². The third-order valence-corrected chi connectivity index (χ3v) is 6.12. The summed E-state index contributed by atoms with van der Waals surface area (Å²) in [5.41, 5.74) is 1.40. The molecule has 0 aliphatic carbocycles. The van der Waals surface area contributed by atoms with E-state index in [1.165, 1.54) is 23.5 Å². The van der Waals surface area contributed by atoms with Gasteiger partial charge in [0.15, 0.2) is 0 Å². The van der Waals surface area contributed by atoms with Crippen molar-refractivity contribution in [2.75, 3.05) is 10.6 Å². The van der Waals surface area contributed by atoms with Gasteiger partial charge < -0.3 is 20.5 Å². The first-order valence-electron chi connectivity index (χ1n) is 11.9. The summed E-state index contributed by atoms with van der Waals surface area (Å²) in [6, 6.07) is 15.6. The van der Waals surface area contributed by atoms with Crippen LogP contribution in [0.25, 0.3) is 11.1 Å². The van der Waals surface area contributed by atoms with Crippen LogP contribution < -0.4 is 10.6 Å². The number of ether oxygens (including phenoxy) is 1. The summed E-state index contributed by atoms with van der Waals surface area (Å²) in [5, 5.41) is 16.9. The van der Waals surface area contributed by atoms with E-state index in [1.54, 1.807) is 32.9 Å². The van der Waals surface area contributed by atoms with Crippen LogP contribution >= 0.6 is 11.3 Å². The molecule has 0 spiro atoms. The zero-order valence-electron chi connectivity index (χ0n) is 21.0. The van der Waals surface area contributed by atoms with E-state index in [2.05, 4.69) is 10.6 Å². The molecule has 3 N–H and O–H groups in total. The quantitative estimate of drug-likeness (QED) is 0.174. The first-order valence-corrected chi connectivity index (χ1v) is 12.8. The molecule has 0 saturated carbocycles. The normalized spacial score (nSPS) is 10.7. The first kappa shape index (κ1) is 31.2. The van der Waals surface area contributed by atoms with Crippen LogP contribution in [0.4, 0.5) is 10.7 Å². The van der Waals surface area contributed by atoms with Crippen molar-refractivity contribution in [3.05, 3.63) is 71.1 Å². The molecule has 0 aliphatic rings. The number of anilines is 2. The van der Waals surface area contributed by atoms with Crippen LogP contribution in [0.3, 0.4) is 0 Å². The van der Waals surface area contributed by atoms with Gasteiger partial charge in [0.25, 0.3) is 0 Å². The van der Waals surface area contributed by atoms with Crippen molar-refractivity contribution >= 4 is 75.3 Å². The van der Waals surface area contributed by atoms with Crippen LogP contribution in [0.5, 0.6) is 0 Å². The van der Waals surface area contributed by atoms with Crippen molar-refractivity contribution in [1.29, 1.82) is 0 Å². The summed E-state index contributed by atoms with van der Waals surface area (Å²) in [5.74, 6) is -2.24. The average Bonchev–Trinajstić information content (AvgIpc) is 3.25. The molecular formula is C28H31N2NaO6S. The van der Waals surface area contributed by atoms with Crippen LogP contribution in [0.2, 0.25) is 0 Å². The fourth-order valence-electron chi connectivity index (χ4n) is 3.56. The van der Waals surface area contributed by atoms with E-state index in [4.69, 9.17) is 4.74 Å². The van der Waals surface area contributed by atoms with Gasteiger partial charge in [0.2, 0.25) is 11.8 Å². The number of unbranched alkanes of at least 4 members (excludes halogenated alkanes) is 1. The van der Waals surface area contributed by atoms with E-state index in [0.29, 0.717) is 29.0 Å². The third-order valence-electron chi connectivity index (χ3n) is 5.22. The fourth-order valence-corrected chi connectivity index (χ4v) is 4.54. The zero-order chi connectivity index (χ0) is 27.0. The monoisotopic (exact) mass is 546 g/mol. The number of nitrogens with one attached hydrogen (secondary N) is 2. The van der Waals surface area contributed by atoms with Crippen molar-refractivity contribution < 1.29 is 29.0 Å². The summed E-state index contributed by atoms with van der Waals surface area (Å²) in [7, 11) is 0. The molecule has 3 aromatic rings. The number of carboxylic acid groups (broad SMARTS) is 1. The van der Waals surface area contributed by atoms with Gasteiger partial charge in [0.05, 0.1) is 11.3 Å². The van der Waals surface area contributed by atoms with Crippen LogP contribution in [0, 0.1) is 0 Å². The molecule has 0 aliphatic heterocycles. The standard InChI is InChI=1S/C28H30N2O6S.Na.H/c1-28(2,3)36-27(35)24-20(18-11-5-4-6-12-18)17-37-25(24)30-23(32)16-10-9-15-22(31)29-21-14-8-7-13-19(21)26(33)34;;/h4-8,11-14,17H,9-10,15-16H2,1-3H3,(H,29,31)(H,30,32)(H,33,34);;. The van der Waals surface area contributed by atoms with Crippen molar-refractivity contribution in [1.82, 2.24) is 0 Å². The van der Waals surface area contributed by atoms with Crippen molar-refractivity contribution in [2.45, 2.75) is 52.1 Å². The van der Waals surface area contributed by atoms with Gasteiger partial charge in [-0.3, -0.25) is 9.59 Å². The molecule has 0 bridgehead atoms. The molecule has 8 nitrogen and oxygen atoms in total. The number of hydrogen-bond acceptors (Lipinski definition) is 6. The fraction of sp³-hybridized carbons (Fsp3) is 0.286. The summed E-state index contributed by atoms with van der Waals surface area (Å²) in [6.45, 7) is 5.36. The molecule has 0 fully saturated rings. The molecule has 0 saturated heterocycles. The molecule has 2 aromatic carbocycles. The van der Waals surface area contributed by atoms with Gasteiger partial charge in [0, 0.05) is 23.8 Å². The number of para-hydroxylation sites is 1. The summed E-state index contributed by atoms with van der Waals surface area (Å²) < 4.78 is 5.60. The maximum absolute atomic E-state index is 13.0. The minimum absolute atomic E-state index is 0. The van der Waals surface area contributed by atoms with Gasteiger partial charge in [-0.2, -0.15) is 0 Å². The van der Waals surface area contributed by atoms with Gasteiger partial charge in [-0.25, -0.2) is 9.59 Å². The molecule has 3 rings (SSSR count). The Morgan fingerprint density at radius 3 is 2.05 bits per heavy atom. The number of aromatic carboxylic acids is 1. The summed E-state index contributed by atoms with van der Waals surface area (Å²) >= 11 is 1.26. The molecule has 0 atom stereocenters. The van der Waals surface area contributed by atoms with Crippen molar-refractivity contribution in [3.63, 3.8) is 0 Å². The number of amides is 2. The Kier molecular flexibility index (Phi) is 11.7. The van der Waals surface area contributed by atoms with Crippen molar-refractivity contribution in [2.24, 2.45) is 0 Å². The van der Waals surface area contributed by atoms with E-state index < -0.39 is 17.5 Å². The molecule has 0 radical (unpaired) electrons. The first-order chi connectivity index (χ1) is 17.5. The molecule has 1 aromatic heterocycles. The number of rotatable bonds is 10. The SMILES string of the molecule is CC(C)(C)OC(=O)c1c(-c2ccccc2)csc1NC(=O)CCCCC(=O)Nc1ccccc1C(=O)O.[NaH]. The summed E-state index contributed by atoms with van der Waals surface area (Å²) in [6.07, 6.45) is 1.18. The van der Waals surface area contributed by atoms with Crippen LogP contribution in [-0.2, 0) is 14.3 Å². The van der Waals surface area contributed by atoms with E-state index in [-0.39, 0.29) is 65.5 Å². The Labute approximate surface area is 248 Å². The van der Waals surface area contributed by atoms with Gasteiger partial charge in [-0.15, -0.1) is 11.3 Å². The van der Waals surface area contributed by atoms with E-state index >= 15 is 0 Å². The van der Waals surface area contributed by atoms with Crippen LogP contribution in [0.1, 0.15) is 67.2 Å². The Balaban J connectivity index is 0.00000507. The second kappa shape index (κ2) is 14.2. The maximum atomic E-state index is 13.0. The van der Waals surface area contributed by atoms with Crippen LogP contribution in [-0.4, -0.2) is 64.0 Å². The zero-order valence-corrected chi connectivity index (χ0v) is 21.8. The third kappa shape index (κ3) is 9.09. The number of carboxylic acids is 1. The number of benzene rings is 2. The predicted molar refractivity (Wildman–Crippen MR) is 151 cm³/mol. The molecule has 196 valence electrons. The Hall–Kier alpha value is -2.98. The number of thiophene rings is 1. The van der Waals surface area contributed by atoms with Gasteiger partial charge >= 0.3 is 41.5 Å². The predicted octanol–water partition coefficient (Wildman–Crippen LogP) is 5.56. The Morgan fingerprint density at radius 2 is 1.45 bits per heavy atom. The van der Waals surface area contributed by atoms with E-state index in [1.807, 2.05) is 35.7 Å². The average molecular weight is 547 g/mol. The molecule has 1 heterocycles. The van der Waals surface area contributed by atoms with Crippen molar-refractivity contribution in [3.8, 4) is 11.1 Å². The molecule has 38 heavy (non-hydrogen) atoms. The number of hydrogen-bond donors (Lipinski definition) is 3. The minimum atomic E-state index is -1.12.